The summed E-state index contributed by atoms with van der Waals surface area (Å²) in [5.74, 6) is -2.44. The van der Waals surface area contributed by atoms with Gasteiger partial charge in [0.25, 0.3) is 0 Å². The maximum Gasteiger partial charge on any atom is 0.246 e. The third kappa shape index (κ3) is 3.54. The average Bonchev–Trinajstić information content (AvgIpc) is 3.33. The Balaban J connectivity index is 1.74. The van der Waals surface area contributed by atoms with E-state index in [1.54, 1.807) is 12.1 Å². The smallest absolute Gasteiger partial charge is 0.246 e. The number of anilines is 1. The predicted octanol–water partition coefficient (Wildman–Crippen LogP) is 1.67. The van der Waals surface area contributed by atoms with E-state index in [1.807, 2.05) is 39.0 Å². The van der Waals surface area contributed by atoms with Crippen molar-refractivity contribution in [3.8, 4) is 0 Å². The molecule has 7 atom stereocenters. The molecule has 1 aromatic carbocycles. The van der Waals surface area contributed by atoms with E-state index in [9.17, 15) is 19.5 Å². The van der Waals surface area contributed by atoms with Crippen LogP contribution in [-0.2, 0) is 19.1 Å². The molecule has 3 fully saturated rings. The lowest BCUT2D eigenvalue weighted by atomic mass is 9.70. The monoisotopic (exact) mass is 507 g/mol. The van der Waals surface area contributed by atoms with Gasteiger partial charge in [-0.2, -0.15) is 0 Å². The van der Waals surface area contributed by atoms with E-state index in [-0.39, 0.29) is 35.2 Å². The number of nitrogens with one attached hydrogen (secondary N) is 2. The number of likely N-dealkylation sites (tertiary alicyclic amines) is 1. The number of nitrogens with zero attached hydrogens (tertiary/aromatic N) is 1. The summed E-state index contributed by atoms with van der Waals surface area (Å²) in [6.45, 7) is 5.31. The first-order chi connectivity index (χ1) is 15.2. The lowest BCUT2D eigenvalue weighted by molar-refractivity contribution is -0.145. The number of fused-ring (bicyclic) bond motifs is 1. The molecule has 0 saturated carbocycles. The molecule has 2 bridgehead atoms. The Hall–Kier alpha value is -1.97. The number of rotatable bonds is 7. The highest BCUT2D eigenvalue weighted by molar-refractivity contribution is 9.09. The summed E-state index contributed by atoms with van der Waals surface area (Å²) in [7, 11) is 0. The normalized spacial score (nSPS) is 34.0. The highest BCUT2D eigenvalue weighted by atomic mass is 79.9. The van der Waals surface area contributed by atoms with Crippen molar-refractivity contribution >= 4 is 39.3 Å². The van der Waals surface area contributed by atoms with Gasteiger partial charge in [-0.3, -0.25) is 14.4 Å². The summed E-state index contributed by atoms with van der Waals surface area (Å²) in [5, 5.41) is 15.8. The number of hydrogen-bond donors (Lipinski definition) is 3. The van der Waals surface area contributed by atoms with Crippen LogP contribution in [0.25, 0.3) is 0 Å². The van der Waals surface area contributed by atoms with Crippen molar-refractivity contribution in [3.63, 3.8) is 0 Å². The summed E-state index contributed by atoms with van der Waals surface area (Å²) in [5.41, 5.74) is -0.477. The number of aliphatic hydroxyl groups excluding tert-OH is 1. The number of carbonyl (C=O) groups excluding carboxylic acids is 3. The summed E-state index contributed by atoms with van der Waals surface area (Å²) in [6, 6.07) is 7.52. The minimum atomic E-state index is -1.11. The van der Waals surface area contributed by atoms with Gasteiger partial charge in [-0.15, -0.1) is 0 Å². The van der Waals surface area contributed by atoms with Gasteiger partial charge >= 0.3 is 0 Å². The zero-order valence-corrected chi connectivity index (χ0v) is 20.0. The van der Waals surface area contributed by atoms with Crippen molar-refractivity contribution in [2.75, 3.05) is 11.9 Å². The molecule has 1 spiro atoms. The lowest BCUT2D eigenvalue weighted by Crippen LogP contribution is -2.59. The maximum atomic E-state index is 13.8. The van der Waals surface area contributed by atoms with Gasteiger partial charge < -0.3 is 25.4 Å². The number of aliphatic hydroxyl groups is 1. The van der Waals surface area contributed by atoms with Crippen LogP contribution in [0.5, 0.6) is 0 Å². The molecule has 3 N–H and O–H groups in total. The van der Waals surface area contributed by atoms with Gasteiger partial charge in [0.05, 0.1) is 30.6 Å². The molecule has 174 valence electrons. The second kappa shape index (κ2) is 8.76. The molecule has 3 unspecified atom stereocenters. The molecule has 3 amide bonds. The Kier molecular flexibility index (Phi) is 6.35. The third-order valence-corrected chi connectivity index (χ3v) is 7.67. The highest BCUT2D eigenvalue weighted by Gasteiger charge is 2.76. The summed E-state index contributed by atoms with van der Waals surface area (Å²) in [4.78, 5) is 41.8. The van der Waals surface area contributed by atoms with Gasteiger partial charge in [0.15, 0.2) is 0 Å². The van der Waals surface area contributed by atoms with E-state index in [2.05, 4.69) is 26.6 Å². The first kappa shape index (κ1) is 23.2. The maximum absolute atomic E-state index is 13.8. The molecule has 0 radical (unpaired) electrons. The van der Waals surface area contributed by atoms with Crippen LogP contribution in [-0.4, -0.2) is 69.0 Å². The van der Waals surface area contributed by atoms with Crippen LogP contribution in [0.1, 0.15) is 33.6 Å². The zero-order valence-electron chi connectivity index (χ0n) is 18.5. The molecule has 3 aliphatic rings. The van der Waals surface area contributed by atoms with Crippen molar-refractivity contribution in [1.29, 1.82) is 0 Å². The summed E-state index contributed by atoms with van der Waals surface area (Å²) < 4.78 is 6.41. The van der Waals surface area contributed by atoms with Gasteiger partial charge in [0.2, 0.25) is 17.7 Å². The second-order valence-electron chi connectivity index (χ2n) is 9.17. The van der Waals surface area contributed by atoms with Gasteiger partial charge in [-0.25, -0.2) is 0 Å². The van der Waals surface area contributed by atoms with Crippen LogP contribution in [0, 0.1) is 11.8 Å². The average molecular weight is 508 g/mol. The van der Waals surface area contributed by atoms with E-state index >= 15 is 0 Å². The number of alkyl halides is 1. The fourth-order valence-corrected chi connectivity index (χ4v) is 6.53. The molecule has 8 nitrogen and oxygen atoms in total. The molecule has 3 saturated heterocycles. The van der Waals surface area contributed by atoms with E-state index < -0.39 is 35.6 Å². The fraction of sp³-hybridized carbons (Fsp3) is 0.609. The molecule has 4 rings (SSSR count). The molecule has 9 heteroatoms. The van der Waals surface area contributed by atoms with Gasteiger partial charge in [0.1, 0.15) is 11.6 Å². The number of ether oxygens (including phenoxy) is 1. The molecule has 0 aliphatic carbocycles. The van der Waals surface area contributed by atoms with Crippen molar-refractivity contribution in [3.05, 3.63) is 30.3 Å². The third-order valence-electron chi connectivity index (χ3n) is 6.83. The number of halogens is 1. The lowest BCUT2D eigenvalue weighted by Gasteiger charge is -2.37. The van der Waals surface area contributed by atoms with Crippen LogP contribution in [0.15, 0.2) is 30.3 Å². The Bertz CT molecular complexity index is 893. The topological polar surface area (TPSA) is 108 Å². The molecule has 0 aromatic heterocycles. The Morgan fingerprint density at radius 1 is 1.28 bits per heavy atom. The fourth-order valence-electron chi connectivity index (χ4n) is 5.58. The van der Waals surface area contributed by atoms with Crippen LogP contribution >= 0.6 is 15.9 Å². The summed E-state index contributed by atoms with van der Waals surface area (Å²) in [6.07, 6.45) is 0.411. The molecular weight excluding hydrogens is 478 g/mol. The van der Waals surface area contributed by atoms with Crippen molar-refractivity contribution in [2.45, 2.75) is 68.3 Å². The van der Waals surface area contributed by atoms with E-state index in [1.165, 1.54) is 4.90 Å². The highest BCUT2D eigenvalue weighted by Crippen LogP contribution is 2.60. The van der Waals surface area contributed by atoms with Crippen LogP contribution in [0.3, 0.4) is 0 Å². The standard InChI is InChI=1S/C23H30BrN3O5/c1-4-14(11-28)27-19(21(30)25-12(2)3)23-10-15(24)18(32-23)16(17(23)22(27)31)20(29)26-13-8-6-5-7-9-13/h5-9,12,14-19,28H,4,10-11H2,1-3H3,(H,25,30)(H,26,29)/t14-,15?,16+,17-,18+,19?,23?/m0/s1. The molecule has 3 aliphatic heterocycles. The van der Waals surface area contributed by atoms with Crippen molar-refractivity contribution < 1.29 is 24.2 Å². The number of benzene rings is 1. The zero-order chi connectivity index (χ0) is 23.2. The number of para-hydroxylation sites is 1. The molecular formula is C23H30BrN3O5. The quantitative estimate of drug-likeness (QED) is 0.486. The number of amides is 3. The Labute approximate surface area is 196 Å². The van der Waals surface area contributed by atoms with Gasteiger partial charge in [-0.1, -0.05) is 41.1 Å². The molecule has 3 heterocycles. The van der Waals surface area contributed by atoms with Crippen LogP contribution < -0.4 is 10.6 Å². The summed E-state index contributed by atoms with van der Waals surface area (Å²) >= 11 is 3.64. The Morgan fingerprint density at radius 3 is 2.56 bits per heavy atom. The minimum Gasteiger partial charge on any atom is -0.394 e. The van der Waals surface area contributed by atoms with Gasteiger partial charge in [-0.05, 0) is 38.8 Å². The molecule has 32 heavy (non-hydrogen) atoms. The first-order valence-electron chi connectivity index (χ1n) is 11.2. The largest absolute Gasteiger partial charge is 0.394 e. The number of carbonyl (C=O) groups is 3. The molecule has 1 aromatic rings. The minimum absolute atomic E-state index is 0.125. The van der Waals surface area contributed by atoms with E-state index in [0.717, 1.165) is 0 Å². The van der Waals surface area contributed by atoms with E-state index in [4.69, 9.17) is 4.74 Å². The Morgan fingerprint density at radius 2 is 1.97 bits per heavy atom. The first-order valence-corrected chi connectivity index (χ1v) is 12.1. The second-order valence-corrected chi connectivity index (χ2v) is 10.3. The predicted molar refractivity (Wildman–Crippen MR) is 122 cm³/mol. The van der Waals surface area contributed by atoms with Crippen molar-refractivity contribution in [2.24, 2.45) is 11.8 Å². The van der Waals surface area contributed by atoms with Gasteiger partial charge in [0, 0.05) is 16.6 Å². The van der Waals surface area contributed by atoms with Crippen LogP contribution in [0.2, 0.25) is 0 Å². The number of hydrogen-bond acceptors (Lipinski definition) is 5. The van der Waals surface area contributed by atoms with Crippen LogP contribution in [0.4, 0.5) is 5.69 Å². The van der Waals surface area contributed by atoms with E-state index in [0.29, 0.717) is 18.5 Å². The van der Waals surface area contributed by atoms with Crippen molar-refractivity contribution in [1.82, 2.24) is 10.2 Å². The SMILES string of the molecule is CC[C@@H](CO)N1C(=O)[C@@H]2[C@@H](C(=O)Nc3ccccc3)[C@@H]3OC2(CC3Br)C1C(=O)NC(C)C.